The SMILES string of the molecule is CCNC(=O)c1nnc(-c2cc(C(C)C)c(O)cc2O)n1-c1ccc(CN2CCC(C(=O)N3CCN(C(=O)O[C@@H]4C(=O)OCC5=C4C=C4c6cc7ccc(O)cc7c(CC)c6NC4C5=O)C(C)C3)CC2)cc1. The molecule has 5 N–H and O–H groups in total. The number of aromatic hydroxyl groups is 3. The first kappa shape index (κ1) is 47.9. The van der Waals surface area contributed by atoms with Gasteiger partial charge in [0.05, 0.1) is 5.56 Å². The molecule has 5 heterocycles. The molecule has 2 fully saturated rings. The number of aryl methyl sites for hydroxylation is 1. The molecule has 3 atom stereocenters. The molecule has 72 heavy (non-hydrogen) atoms. The summed E-state index contributed by atoms with van der Waals surface area (Å²) in [7, 11) is 0. The maximum atomic E-state index is 14.0. The highest BCUT2D eigenvalue weighted by atomic mass is 16.6. The third kappa shape index (κ3) is 8.56. The van der Waals surface area contributed by atoms with Gasteiger partial charge < -0.3 is 45.2 Å². The van der Waals surface area contributed by atoms with Crippen LogP contribution in [0.2, 0.25) is 0 Å². The summed E-state index contributed by atoms with van der Waals surface area (Å²) < 4.78 is 13.0. The molecular weight excluding hydrogens is 921 g/mol. The number of phenols is 3. The highest BCUT2D eigenvalue weighted by Gasteiger charge is 2.46. The number of anilines is 1. The van der Waals surface area contributed by atoms with Crippen molar-refractivity contribution < 1.29 is 48.8 Å². The zero-order valence-corrected chi connectivity index (χ0v) is 40.9. The molecule has 18 heteroatoms. The first-order valence-electron chi connectivity index (χ1n) is 24.7. The molecule has 1 aromatic heterocycles. The van der Waals surface area contributed by atoms with Crippen molar-refractivity contribution in [2.45, 2.75) is 84.5 Å². The Balaban J connectivity index is 0.762. The Morgan fingerprint density at radius 2 is 1.68 bits per heavy atom. The number of nitrogens with zero attached hydrogens (tertiary/aromatic N) is 6. The molecule has 10 rings (SSSR count). The number of aromatic nitrogens is 3. The third-order valence-electron chi connectivity index (χ3n) is 14.7. The summed E-state index contributed by atoms with van der Waals surface area (Å²) in [5.41, 5.74) is 6.40. The largest absolute Gasteiger partial charge is 0.508 e. The van der Waals surface area contributed by atoms with Crippen LogP contribution in [0.15, 0.2) is 77.9 Å². The van der Waals surface area contributed by atoms with Crippen molar-refractivity contribution in [1.29, 1.82) is 0 Å². The van der Waals surface area contributed by atoms with Crippen LogP contribution in [0.4, 0.5) is 10.5 Å². The Labute approximate surface area is 415 Å². The maximum absolute atomic E-state index is 14.0. The lowest BCUT2D eigenvalue weighted by molar-refractivity contribution is -0.153. The van der Waals surface area contributed by atoms with Crippen molar-refractivity contribution >= 4 is 51.7 Å². The van der Waals surface area contributed by atoms with Gasteiger partial charge >= 0.3 is 12.1 Å². The molecule has 0 bridgehead atoms. The molecule has 3 amide bonds. The highest BCUT2D eigenvalue weighted by molar-refractivity contribution is 6.18. The Morgan fingerprint density at radius 1 is 0.917 bits per heavy atom. The number of hydrogen-bond acceptors (Lipinski definition) is 14. The zero-order chi connectivity index (χ0) is 50.7. The average molecular weight is 979 g/mol. The number of ether oxygens (including phenoxy) is 2. The lowest BCUT2D eigenvalue weighted by Gasteiger charge is -2.42. The number of nitrogens with one attached hydrogen (secondary N) is 2. The lowest BCUT2D eigenvalue weighted by Crippen LogP contribution is -2.57. The van der Waals surface area contributed by atoms with Crippen LogP contribution >= 0.6 is 0 Å². The number of piperazine rings is 1. The number of Topliss-reactive ketones (excluding diaryl/α,β-unsaturated/α-hetero) is 1. The van der Waals surface area contributed by atoms with Gasteiger partial charge in [-0.1, -0.05) is 39.0 Å². The number of piperidine rings is 1. The van der Waals surface area contributed by atoms with Crippen molar-refractivity contribution in [3.63, 3.8) is 0 Å². The van der Waals surface area contributed by atoms with E-state index in [-0.39, 0.29) is 71.1 Å². The molecule has 5 aliphatic rings. The number of likely N-dealkylation sites (tertiary alicyclic amines) is 1. The molecule has 18 nitrogen and oxygen atoms in total. The number of amides is 3. The van der Waals surface area contributed by atoms with E-state index in [1.165, 1.54) is 11.0 Å². The summed E-state index contributed by atoms with van der Waals surface area (Å²) in [6, 6.07) is 16.7. The van der Waals surface area contributed by atoms with Gasteiger partial charge in [-0.2, -0.15) is 0 Å². The van der Waals surface area contributed by atoms with Crippen molar-refractivity contribution in [2.75, 3.05) is 51.2 Å². The fraction of sp³-hybridized carbons (Fsp3) is 0.389. The van der Waals surface area contributed by atoms with Crippen LogP contribution in [0, 0.1) is 5.92 Å². The molecule has 0 radical (unpaired) electrons. The number of hydrogen-bond donors (Lipinski definition) is 5. The van der Waals surface area contributed by atoms with E-state index in [0.29, 0.717) is 86.5 Å². The third-order valence-corrected chi connectivity index (χ3v) is 14.7. The molecule has 4 aliphatic heterocycles. The lowest BCUT2D eigenvalue weighted by atomic mass is 9.83. The van der Waals surface area contributed by atoms with Gasteiger partial charge in [-0.05, 0) is 128 Å². The van der Waals surface area contributed by atoms with E-state index in [4.69, 9.17) is 9.47 Å². The molecular formula is C54H58N8O10. The number of fused-ring (bicyclic) bond motifs is 4. The van der Waals surface area contributed by atoms with Gasteiger partial charge in [0.1, 0.15) is 29.9 Å². The maximum Gasteiger partial charge on any atom is 0.411 e. The molecule has 5 aromatic rings. The number of carbonyl (C=O) groups excluding carboxylic acids is 5. The quantitative estimate of drug-likeness (QED) is 0.0982. The smallest absolute Gasteiger partial charge is 0.411 e. The Hall–Kier alpha value is -7.73. The van der Waals surface area contributed by atoms with Crippen LogP contribution in [-0.2, 0) is 36.8 Å². The van der Waals surface area contributed by atoms with Crippen LogP contribution < -0.4 is 10.6 Å². The number of ketones is 1. The van der Waals surface area contributed by atoms with E-state index < -0.39 is 36.2 Å². The summed E-state index contributed by atoms with van der Waals surface area (Å²) in [6.45, 7) is 12.5. The van der Waals surface area contributed by atoms with E-state index in [0.717, 1.165) is 33.2 Å². The molecule has 1 aliphatic carbocycles. The molecule has 4 aromatic carbocycles. The zero-order valence-electron chi connectivity index (χ0n) is 40.9. The van der Waals surface area contributed by atoms with Gasteiger partial charge in [-0.15, -0.1) is 10.2 Å². The predicted molar refractivity (Wildman–Crippen MR) is 267 cm³/mol. The van der Waals surface area contributed by atoms with Gasteiger partial charge in [0.2, 0.25) is 17.8 Å². The Morgan fingerprint density at radius 3 is 2.39 bits per heavy atom. The average Bonchev–Trinajstić information content (AvgIpc) is 3.97. The van der Waals surface area contributed by atoms with Crippen LogP contribution in [0.1, 0.15) is 86.3 Å². The van der Waals surface area contributed by atoms with Gasteiger partial charge in [-0.25, -0.2) is 9.59 Å². The first-order chi connectivity index (χ1) is 34.6. The second-order valence-corrected chi connectivity index (χ2v) is 19.6. The number of benzene rings is 4. The molecule has 374 valence electrons. The van der Waals surface area contributed by atoms with Crippen LogP contribution in [0.3, 0.4) is 0 Å². The van der Waals surface area contributed by atoms with Gasteiger partial charge in [-0.3, -0.25) is 23.9 Å². The minimum Gasteiger partial charge on any atom is -0.508 e. The molecule has 0 spiro atoms. The van der Waals surface area contributed by atoms with Crippen LogP contribution in [0.5, 0.6) is 17.2 Å². The van der Waals surface area contributed by atoms with E-state index >= 15 is 0 Å². The van der Waals surface area contributed by atoms with Gasteiger partial charge in [0, 0.05) is 78.8 Å². The summed E-state index contributed by atoms with van der Waals surface area (Å²) >= 11 is 0. The minimum absolute atomic E-state index is 0.0360. The first-order valence-corrected chi connectivity index (χ1v) is 24.7. The summed E-state index contributed by atoms with van der Waals surface area (Å²) in [5.74, 6) is -1.41. The minimum atomic E-state index is -1.44. The predicted octanol–water partition coefficient (Wildman–Crippen LogP) is 6.20. The fourth-order valence-electron chi connectivity index (χ4n) is 10.9. The van der Waals surface area contributed by atoms with Crippen molar-refractivity contribution in [3.05, 3.63) is 106 Å². The Bertz CT molecular complexity index is 3120. The van der Waals surface area contributed by atoms with Crippen molar-refractivity contribution in [2.24, 2.45) is 5.92 Å². The van der Waals surface area contributed by atoms with E-state index in [1.807, 2.05) is 75.9 Å². The van der Waals surface area contributed by atoms with Crippen molar-refractivity contribution in [1.82, 2.24) is 34.8 Å². The van der Waals surface area contributed by atoms with Gasteiger partial charge in [0.15, 0.2) is 11.6 Å². The Kier molecular flexibility index (Phi) is 12.7. The monoisotopic (exact) mass is 978 g/mol. The fourth-order valence-corrected chi connectivity index (χ4v) is 10.9. The second kappa shape index (κ2) is 19.1. The van der Waals surface area contributed by atoms with Gasteiger partial charge in [0.25, 0.3) is 5.91 Å². The number of rotatable bonds is 10. The summed E-state index contributed by atoms with van der Waals surface area (Å²) in [4.78, 5) is 74.0. The standard InChI is InChI=1S/C54H58N8O10/c1-6-35-37-21-34(63)13-10-32(37)20-38-39-23-40-42(47(66)46(39)56-45(35)38)27-71-53(69)48(40)72-54(70)61-19-18-60(25-29(61)5)52(68)31-14-16-59(17-15-31)26-30-8-11-33(12-9-30)62-49(57-58-50(62)51(67)55-7-2)41-22-36(28(3)4)43(64)24-44(41)65/h8-13,20-24,28-29,31,46,48,56,63-65H,6-7,14-19,25-27H2,1-5H3,(H,55,67)/t29?,46?,48-/m0/s1. The molecule has 2 unspecified atom stereocenters. The number of cyclic esters (lactones) is 1. The number of esters is 1. The number of phenolic OH excluding ortho intramolecular Hbond substituents is 3. The van der Waals surface area contributed by atoms with E-state index in [1.54, 1.807) is 28.8 Å². The highest BCUT2D eigenvalue weighted by Crippen LogP contribution is 2.47. The van der Waals surface area contributed by atoms with Crippen LogP contribution in [0.25, 0.3) is 33.4 Å². The summed E-state index contributed by atoms with van der Waals surface area (Å²) in [5, 5.41) is 48.1. The second-order valence-electron chi connectivity index (χ2n) is 19.6. The van der Waals surface area contributed by atoms with E-state index in [2.05, 4.69) is 25.7 Å². The number of carbonyl (C=O) groups is 5. The molecule has 2 saturated heterocycles. The van der Waals surface area contributed by atoms with E-state index in [9.17, 15) is 39.3 Å². The normalized spacial score (nSPS) is 20.2. The van der Waals surface area contributed by atoms with Crippen LogP contribution in [-0.4, -0.2) is 139 Å². The van der Waals surface area contributed by atoms with Crippen molar-refractivity contribution in [3.8, 4) is 34.3 Å². The topological polar surface area (TPSA) is 229 Å². The molecule has 0 saturated carbocycles. The summed E-state index contributed by atoms with van der Waals surface area (Å²) in [6.07, 6.45) is 1.58.